The highest BCUT2D eigenvalue weighted by Crippen LogP contribution is 2.34. The summed E-state index contributed by atoms with van der Waals surface area (Å²) >= 11 is 5.45. The van der Waals surface area contributed by atoms with Gasteiger partial charge in [0.15, 0.2) is 0 Å². The largest absolute Gasteiger partial charge is 0.508 e. The van der Waals surface area contributed by atoms with Crippen LogP contribution in [0.3, 0.4) is 0 Å². The van der Waals surface area contributed by atoms with Crippen LogP contribution in [0.5, 0.6) is 5.75 Å². The summed E-state index contributed by atoms with van der Waals surface area (Å²) in [7, 11) is 0. The Labute approximate surface area is 128 Å². The zero-order valence-corrected chi connectivity index (χ0v) is 13.9. The van der Waals surface area contributed by atoms with Crippen LogP contribution in [-0.2, 0) is 0 Å². The number of rotatable bonds is 5. The van der Waals surface area contributed by atoms with Crippen molar-refractivity contribution in [1.82, 2.24) is 5.32 Å². The first-order valence-corrected chi connectivity index (χ1v) is 9.01. The topological polar surface area (TPSA) is 32.3 Å². The maximum atomic E-state index is 10.1. The highest BCUT2D eigenvalue weighted by Gasteiger charge is 2.28. The van der Waals surface area contributed by atoms with Crippen LogP contribution < -0.4 is 5.32 Å². The van der Waals surface area contributed by atoms with Gasteiger partial charge in [-0.1, -0.05) is 29.3 Å². The van der Waals surface area contributed by atoms with Crippen molar-refractivity contribution in [3.63, 3.8) is 0 Å². The number of phenols is 1. The molecule has 4 heteroatoms. The second-order valence-electron chi connectivity index (χ2n) is 5.14. The summed E-state index contributed by atoms with van der Waals surface area (Å²) in [5, 5.41) is 14.5. The molecule has 0 heterocycles. The second-order valence-corrected chi connectivity index (χ2v) is 7.13. The number of hydrogen-bond donors (Lipinski definition) is 2. The number of thioether (sulfide) groups is 1. The molecule has 2 nitrogen and oxygen atoms in total. The van der Waals surface area contributed by atoms with Crippen molar-refractivity contribution in [3.05, 3.63) is 28.2 Å². The van der Waals surface area contributed by atoms with Crippen LogP contribution >= 0.6 is 27.7 Å². The van der Waals surface area contributed by atoms with E-state index in [2.05, 4.69) is 34.4 Å². The van der Waals surface area contributed by atoms with E-state index in [-0.39, 0.29) is 6.04 Å². The van der Waals surface area contributed by atoms with Crippen LogP contribution in [-0.4, -0.2) is 22.7 Å². The monoisotopic (exact) mass is 343 g/mol. The van der Waals surface area contributed by atoms with Gasteiger partial charge in [0, 0.05) is 27.4 Å². The molecule has 1 aromatic carbocycles. The van der Waals surface area contributed by atoms with Crippen molar-refractivity contribution in [3.8, 4) is 5.75 Å². The van der Waals surface area contributed by atoms with Crippen molar-refractivity contribution in [1.29, 1.82) is 0 Å². The van der Waals surface area contributed by atoms with Gasteiger partial charge >= 0.3 is 0 Å². The molecular formula is C15H22BrNOS. The van der Waals surface area contributed by atoms with Crippen molar-refractivity contribution in [2.24, 2.45) is 0 Å². The lowest BCUT2D eigenvalue weighted by atomic mass is 10.0. The van der Waals surface area contributed by atoms with E-state index in [1.807, 2.05) is 23.9 Å². The number of nitrogens with one attached hydrogen (secondary N) is 1. The molecule has 2 rings (SSSR count). The number of benzene rings is 1. The highest BCUT2D eigenvalue weighted by molar-refractivity contribution is 9.10. The van der Waals surface area contributed by atoms with Gasteiger partial charge in [0.25, 0.3) is 0 Å². The standard InChI is InChI=1S/C15H22BrNOS/c1-3-12(11-9-10(16)7-8-14(11)18)17-13-5-4-6-15(13)19-2/h7-9,12-13,15,17-18H,3-6H2,1-2H3. The summed E-state index contributed by atoms with van der Waals surface area (Å²) < 4.78 is 1.02. The third-order valence-electron chi connectivity index (χ3n) is 3.94. The number of aromatic hydroxyl groups is 1. The number of halogens is 1. The molecule has 0 radical (unpaired) electrons. The molecule has 0 aliphatic heterocycles. The van der Waals surface area contributed by atoms with E-state index in [4.69, 9.17) is 0 Å². The lowest BCUT2D eigenvalue weighted by molar-refractivity contribution is 0.408. The van der Waals surface area contributed by atoms with Crippen LogP contribution in [0.4, 0.5) is 0 Å². The normalized spacial score (nSPS) is 24.6. The Morgan fingerprint density at radius 1 is 1.47 bits per heavy atom. The van der Waals surface area contributed by atoms with Crippen LogP contribution in [0, 0.1) is 0 Å². The van der Waals surface area contributed by atoms with Gasteiger partial charge in [-0.3, -0.25) is 0 Å². The third-order valence-corrected chi connectivity index (χ3v) is 5.61. The highest BCUT2D eigenvalue weighted by atomic mass is 79.9. The summed E-state index contributed by atoms with van der Waals surface area (Å²) in [6, 6.07) is 6.48. The fraction of sp³-hybridized carbons (Fsp3) is 0.600. The Kier molecular flexibility index (Phi) is 5.60. The minimum atomic E-state index is 0.232. The van der Waals surface area contributed by atoms with Gasteiger partial charge in [0.1, 0.15) is 5.75 Å². The minimum absolute atomic E-state index is 0.232. The first-order valence-electron chi connectivity index (χ1n) is 6.93. The molecular weight excluding hydrogens is 322 g/mol. The number of hydrogen-bond acceptors (Lipinski definition) is 3. The van der Waals surface area contributed by atoms with E-state index in [1.54, 1.807) is 6.07 Å². The quantitative estimate of drug-likeness (QED) is 0.826. The zero-order chi connectivity index (χ0) is 13.8. The maximum Gasteiger partial charge on any atom is 0.120 e. The molecule has 2 N–H and O–H groups in total. The van der Waals surface area contributed by atoms with Gasteiger partial charge in [-0.2, -0.15) is 11.8 Å². The summed E-state index contributed by atoms with van der Waals surface area (Å²) in [6.45, 7) is 2.17. The van der Waals surface area contributed by atoms with Gasteiger partial charge in [0.2, 0.25) is 0 Å². The van der Waals surface area contributed by atoms with E-state index >= 15 is 0 Å². The van der Waals surface area contributed by atoms with E-state index < -0.39 is 0 Å². The van der Waals surface area contributed by atoms with Crippen LogP contribution in [0.15, 0.2) is 22.7 Å². The third kappa shape index (κ3) is 3.67. The van der Waals surface area contributed by atoms with Crippen molar-refractivity contribution in [2.45, 2.75) is 49.9 Å². The molecule has 3 atom stereocenters. The Morgan fingerprint density at radius 2 is 2.26 bits per heavy atom. The van der Waals surface area contributed by atoms with Crippen LogP contribution in [0.1, 0.15) is 44.2 Å². The molecule has 19 heavy (non-hydrogen) atoms. The molecule has 0 spiro atoms. The predicted octanol–water partition coefficient (Wildman–Crippen LogP) is 4.48. The van der Waals surface area contributed by atoms with Crippen LogP contribution in [0.2, 0.25) is 0 Å². The molecule has 1 aliphatic carbocycles. The minimum Gasteiger partial charge on any atom is -0.508 e. The van der Waals surface area contributed by atoms with Crippen molar-refractivity contribution >= 4 is 27.7 Å². The van der Waals surface area contributed by atoms with E-state index in [0.29, 0.717) is 17.0 Å². The van der Waals surface area contributed by atoms with E-state index in [9.17, 15) is 5.11 Å². The van der Waals surface area contributed by atoms with E-state index in [0.717, 1.165) is 16.5 Å². The fourth-order valence-electron chi connectivity index (χ4n) is 2.89. The summed E-state index contributed by atoms with van der Waals surface area (Å²) in [6.07, 6.45) is 7.05. The van der Waals surface area contributed by atoms with Gasteiger partial charge in [-0.05, 0) is 43.7 Å². The second kappa shape index (κ2) is 7.00. The van der Waals surface area contributed by atoms with Gasteiger partial charge in [-0.15, -0.1) is 0 Å². The smallest absolute Gasteiger partial charge is 0.120 e. The summed E-state index contributed by atoms with van der Waals surface area (Å²) in [5.74, 6) is 0.390. The maximum absolute atomic E-state index is 10.1. The first-order chi connectivity index (χ1) is 9.15. The molecule has 0 saturated heterocycles. The molecule has 0 amide bonds. The van der Waals surface area contributed by atoms with E-state index in [1.165, 1.54) is 19.3 Å². The summed E-state index contributed by atoms with van der Waals surface area (Å²) in [5.41, 5.74) is 1.00. The van der Waals surface area contributed by atoms with Crippen molar-refractivity contribution in [2.75, 3.05) is 6.26 Å². The Morgan fingerprint density at radius 3 is 2.95 bits per heavy atom. The molecule has 1 aliphatic rings. The zero-order valence-electron chi connectivity index (χ0n) is 11.5. The van der Waals surface area contributed by atoms with Gasteiger partial charge in [0.05, 0.1) is 0 Å². The van der Waals surface area contributed by atoms with Crippen LogP contribution in [0.25, 0.3) is 0 Å². The molecule has 1 saturated carbocycles. The Hall–Kier alpha value is -0.190. The number of phenolic OH excluding ortho intramolecular Hbond substituents is 1. The van der Waals surface area contributed by atoms with Gasteiger partial charge in [-0.25, -0.2) is 0 Å². The van der Waals surface area contributed by atoms with Crippen molar-refractivity contribution < 1.29 is 5.11 Å². The Balaban J connectivity index is 2.13. The first kappa shape index (κ1) is 15.2. The Bertz CT molecular complexity index is 427. The fourth-order valence-corrected chi connectivity index (χ4v) is 4.21. The molecule has 106 valence electrons. The average molecular weight is 344 g/mol. The average Bonchev–Trinajstić information content (AvgIpc) is 2.86. The molecule has 0 aromatic heterocycles. The predicted molar refractivity (Wildman–Crippen MR) is 86.9 cm³/mol. The summed E-state index contributed by atoms with van der Waals surface area (Å²) in [4.78, 5) is 0. The molecule has 1 fully saturated rings. The lowest BCUT2D eigenvalue weighted by Crippen LogP contribution is -2.36. The SMILES string of the molecule is CCC(NC1CCCC1SC)c1cc(Br)ccc1O. The molecule has 1 aromatic rings. The molecule has 0 bridgehead atoms. The lowest BCUT2D eigenvalue weighted by Gasteiger charge is -2.26. The molecule has 3 unspecified atom stereocenters. The van der Waals surface area contributed by atoms with Gasteiger partial charge < -0.3 is 10.4 Å².